The molecule has 0 radical (unpaired) electrons. The van der Waals surface area contributed by atoms with Crippen molar-refractivity contribution in [1.29, 1.82) is 0 Å². The average Bonchev–Trinajstić information content (AvgIpc) is 1.41. The molecule has 2 nitrogen and oxygen atoms in total. The summed E-state index contributed by atoms with van der Waals surface area (Å²) in [6.07, 6.45) is 0. The Morgan fingerprint density at radius 1 is 1.67 bits per heavy atom. The van der Waals surface area contributed by atoms with Gasteiger partial charge in [-0.3, -0.25) is 0 Å². The molecule has 0 aliphatic carbocycles. The smallest absolute Gasteiger partial charge is 0.0304 e. The van der Waals surface area contributed by atoms with E-state index in [1.807, 2.05) is 5.48 Å². The summed E-state index contributed by atoms with van der Waals surface area (Å²) in [6.45, 7) is 0.611. The van der Waals surface area contributed by atoms with Gasteiger partial charge in [-0.25, -0.2) is 5.48 Å². The van der Waals surface area contributed by atoms with Crippen LogP contribution >= 0.6 is 32.9 Å². The van der Waals surface area contributed by atoms with E-state index < -0.39 is 0 Å². The van der Waals surface area contributed by atoms with E-state index in [2.05, 4.69) is 15.9 Å². The van der Waals surface area contributed by atoms with Crippen LogP contribution in [0.1, 0.15) is 0 Å². The van der Waals surface area contributed by atoms with Gasteiger partial charge in [-0.1, -0.05) is 15.9 Å². The van der Waals surface area contributed by atoms with Crippen LogP contribution in [0.5, 0.6) is 0 Å². The van der Waals surface area contributed by atoms with Crippen LogP contribution in [0.25, 0.3) is 0 Å². The highest BCUT2D eigenvalue weighted by Crippen LogP contribution is 1.70. The van der Waals surface area contributed by atoms with Crippen molar-refractivity contribution < 1.29 is 5.21 Å². The third kappa shape index (κ3) is 8.86. The Bertz CT molecular complexity index is 19.0. The molecule has 6 heavy (non-hydrogen) atoms. The Labute approximate surface area is 55.8 Å². The van der Waals surface area contributed by atoms with Crippen molar-refractivity contribution in [2.45, 2.75) is 0 Å². The zero-order valence-electron chi connectivity index (χ0n) is 3.15. The zero-order valence-corrected chi connectivity index (χ0v) is 6.45. The van der Waals surface area contributed by atoms with Gasteiger partial charge < -0.3 is 5.21 Å². The molecule has 0 amide bonds. The van der Waals surface area contributed by atoms with E-state index in [-0.39, 0.29) is 17.0 Å². The van der Waals surface area contributed by atoms with Gasteiger partial charge in [-0.15, -0.1) is 17.0 Å². The van der Waals surface area contributed by atoms with E-state index >= 15 is 0 Å². The lowest BCUT2D eigenvalue weighted by molar-refractivity contribution is 0.174. The monoisotopic (exact) mass is 219 g/mol. The van der Waals surface area contributed by atoms with Gasteiger partial charge in [0.05, 0.1) is 0 Å². The lowest BCUT2D eigenvalue weighted by Crippen LogP contribution is -2.08. The summed E-state index contributed by atoms with van der Waals surface area (Å²) in [4.78, 5) is 0. The third-order valence-electron chi connectivity index (χ3n) is 0.206. The number of hydrogen-bond acceptors (Lipinski definition) is 2. The Morgan fingerprint density at radius 3 is 2.17 bits per heavy atom. The summed E-state index contributed by atoms with van der Waals surface area (Å²) in [5, 5.41) is 8.58. The molecule has 0 rings (SSSR count). The number of hydroxylamine groups is 1. The molecule has 0 saturated heterocycles. The SMILES string of the molecule is Br.ONCCBr. The molecule has 0 unspecified atom stereocenters. The summed E-state index contributed by atoms with van der Waals surface area (Å²) in [7, 11) is 0. The maximum Gasteiger partial charge on any atom is 0.0304 e. The van der Waals surface area contributed by atoms with E-state index in [0.717, 1.165) is 5.33 Å². The molecule has 0 saturated carbocycles. The van der Waals surface area contributed by atoms with Crippen molar-refractivity contribution in [3.63, 3.8) is 0 Å². The van der Waals surface area contributed by atoms with Gasteiger partial charge in [0.15, 0.2) is 0 Å². The maximum absolute atomic E-state index is 7.79. The van der Waals surface area contributed by atoms with Crippen molar-refractivity contribution in [2.24, 2.45) is 0 Å². The fourth-order valence-electron chi connectivity index (χ4n) is 0.0423. The molecule has 0 heterocycles. The molecular weight excluding hydrogens is 214 g/mol. The van der Waals surface area contributed by atoms with Gasteiger partial charge in [-0.2, -0.15) is 0 Å². The molecule has 0 bridgehead atoms. The molecule has 0 spiro atoms. The highest BCUT2D eigenvalue weighted by molar-refractivity contribution is 9.09. The van der Waals surface area contributed by atoms with Crippen LogP contribution < -0.4 is 5.48 Å². The summed E-state index contributed by atoms with van der Waals surface area (Å²) in [6, 6.07) is 0. The molecule has 0 aliphatic heterocycles. The first-order valence-electron chi connectivity index (χ1n) is 1.34. The van der Waals surface area contributed by atoms with Crippen LogP contribution in [-0.2, 0) is 0 Å². The van der Waals surface area contributed by atoms with E-state index in [1.54, 1.807) is 0 Å². The highest BCUT2D eigenvalue weighted by atomic mass is 79.9. The molecular formula is C2H7Br2NO. The normalized spacial score (nSPS) is 7.00. The van der Waals surface area contributed by atoms with Crippen LogP contribution in [0.3, 0.4) is 0 Å². The molecule has 0 fully saturated rings. The predicted octanol–water partition coefficient (Wildman–Crippen LogP) is 0.938. The quantitative estimate of drug-likeness (QED) is 0.537. The van der Waals surface area contributed by atoms with Crippen LogP contribution in [-0.4, -0.2) is 17.1 Å². The van der Waals surface area contributed by atoms with Crippen molar-refractivity contribution in [2.75, 3.05) is 11.9 Å². The van der Waals surface area contributed by atoms with E-state index in [9.17, 15) is 0 Å². The van der Waals surface area contributed by atoms with Crippen molar-refractivity contribution in [3.8, 4) is 0 Å². The summed E-state index contributed by atoms with van der Waals surface area (Å²) in [5.41, 5.74) is 1.97. The molecule has 0 aromatic carbocycles. The largest absolute Gasteiger partial charge is 0.317 e. The second-order valence-electron chi connectivity index (χ2n) is 0.597. The summed E-state index contributed by atoms with van der Waals surface area (Å²) < 4.78 is 0. The summed E-state index contributed by atoms with van der Waals surface area (Å²) in [5.74, 6) is 0. The fraction of sp³-hybridized carbons (Fsp3) is 1.00. The van der Waals surface area contributed by atoms with Crippen molar-refractivity contribution >= 4 is 32.9 Å². The van der Waals surface area contributed by atoms with Gasteiger partial charge in [0, 0.05) is 11.9 Å². The average molecular weight is 221 g/mol. The second kappa shape index (κ2) is 9.30. The van der Waals surface area contributed by atoms with Crippen molar-refractivity contribution in [1.82, 2.24) is 5.48 Å². The first-order chi connectivity index (χ1) is 2.41. The molecule has 2 N–H and O–H groups in total. The van der Waals surface area contributed by atoms with Crippen LogP contribution in [0.2, 0.25) is 0 Å². The standard InChI is InChI=1S/C2H6BrNO.BrH/c3-1-2-4-5;/h4-5H,1-2H2;1H. The minimum Gasteiger partial charge on any atom is -0.317 e. The minimum absolute atomic E-state index is 0. The number of alkyl halides is 1. The van der Waals surface area contributed by atoms with Gasteiger partial charge >= 0.3 is 0 Å². The number of rotatable bonds is 2. The van der Waals surface area contributed by atoms with E-state index in [4.69, 9.17) is 5.21 Å². The Morgan fingerprint density at radius 2 is 2.17 bits per heavy atom. The van der Waals surface area contributed by atoms with Crippen LogP contribution in [0.15, 0.2) is 0 Å². The predicted molar refractivity (Wildman–Crippen MR) is 33.9 cm³/mol. The van der Waals surface area contributed by atoms with Gasteiger partial charge in [-0.05, 0) is 0 Å². The van der Waals surface area contributed by atoms with E-state index in [0.29, 0.717) is 6.54 Å². The lowest BCUT2D eigenvalue weighted by Gasteiger charge is -1.82. The lowest BCUT2D eigenvalue weighted by atomic mass is 10.8. The number of hydrogen-bond donors (Lipinski definition) is 2. The van der Waals surface area contributed by atoms with Gasteiger partial charge in [0.1, 0.15) is 0 Å². The first kappa shape index (κ1) is 9.99. The second-order valence-corrected chi connectivity index (χ2v) is 1.39. The van der Waals surface area contributed by atoms with E-state index in [1.165, 1.54) is 0 Å². The first-order valence-corrected chi connectivity index (χ1v) is 2.47. The molecule has 0 aliphatic rings. The molecule has 40 valence electrons. The summed E-state index contributed by atoms with van der Waals surface area (Å²) >= 11 is 3.09. The Kier molecular flexibility index (Phi) is 15.5. The minimum atomic E-state index is 0. The highest BCUT2D eigenvalue weighted by Gasteiger charge is 1.68. The Balaban J connectivity index is 0. The molecule has 4 heteroatoms. The fourth-order valence-corrected chi connectivity index (χ4v) is 0.220. The molecule has 0 atom stereocenters. The molecule has 0 aromatic heterocycles. The van der Waals surface area contributed by atoms with Crippen LogP contribution in [0.4, 0.5) is 0 Å². The Hall–Kier alpha value is 0.880. The van der Waals surface area contributed by atoms with Gasteiger partial charge in [0.25, 0.3) is 0 Å². The number of halogens is 2. The number of nitrogens with one attached hydrogen (secondary N) is 1. The zero-order chi connectivity index (χ0) is 4.12. The molecule has 0 aromatic rings. The van der Waals surface area contributed by atoms with Crippen LogP contribution in [0, 0.1) is 0 Å². The maximum atomic E-state index is 7.79. The van der Waals surface area contributed by atoms with Crippen molar-refractivity contribution in [3.05, 3.63) is 0 Å². The van der Waals surface area contributed by atoms with Gasteiger partial charge in [0.2, 0.25) is 0 Å². The third-order valence-corrected chi connectivity index (χ3v) is 0.603. The topological polar surface area (TPSA) is 32.3 Å².